The van der Waals surface area contributed by atoms with Gasteiger partial charge in [-0.15, -0.1) is 0 Å². The molecule has 2 aromatic carbocycles. The van der Waals surface area contributed by atoms with Crippen molar-refractivity contribution in [1.82, 2.24) is 5.32 Å². The van der Waals surface area contributed by atoms with Crippen molar-refractivity contribution in [1.29, 1.82) is 0 Å². The highest BCUT2D eigenvalue weighted by Gasteiger charge is 2.17. The highest BCUT2D eigenvalue weighted by molar-refractivity contribution is 6.06. The van der Waals surface area contributed by atoms with E-state index in [1.165, 1.54) is 21.3 Å². The maximum atomic E-state index is 12.7. The van der Waals surface area contributed by atoms with Crippen LogP contribution in [0.2, 0.25) is 0 Å². The van der Waals surface area contributed by atoms with Gasteiger partial charge in [-0.25, -0.2) is 0 Å². The summed E-state index contributed by atoms with van der Waals surface area (Å²) in [7, 11) is 4.47. The van der Waals surface area contributed by atoms with Gasteiger partial charge in [0.1, 0.15) is 0 Å². The van der Waals surface area contributed by atoms with E-state index in [2.05, 4.69) is 10.6 Å². The fourth-order valence-electron chi connectivity index (χ4n) is 2.56. The topological polar surface area (TPSA) is 85.9 Å². The minimum absolute atomic E-state index is 0.0741. The number of methoxy groups -OCH3 is 3. The standard InChI is InChI=1S/C21H26N2O5/c1-6-13(2)22-20(24)14-8-7-9-16(10-14)23-21(25)15-11-17(26-3)19(28-5)18(12-15)27-4/h7-13H,6H2,1-5H3,(H,22,24)(H,23,25)/t13-/m0/s1. The number of nitrogens with one attached hydrogen (secondary N) is 2. The third kappa shape index (κ3) is 4.94. The molecule has 2 aromatic rings. The molecule has 0 saturated heterocycles. The van der Waals surface area contributed by atoms with E-state index in [9.17, 15) is 9.59 Å². The van der Waals surface area contributed by atoms with Crippen LogP contribution in [0.1, 0.15) is 41.0 Å². The molecule has 0 spiro atoms. The number of amides is 2. The fraction of sp³-hybridized carbons (Fsp3) is 0.333. The molecule has 0 aliphatic rings. The first kappa shape index (κ1) is 21.1. The number of carbonyl (C=O) groups excluding carboxylic acids is 2. The number of ether oxygens (including phenoxy) is 3. The van der Waals surface area contributed by atoms with Gasteiger partial charge >= 0.3 is 0 Å². The van der Waals surface area contributed by atoms with Crippen LogP contribution in [0.3, 0.4) is 0 Å². The molecule has 2 N–H and O–H groups in total. The molecule has 0 aromatic heterocycles. The first-order valence-electron chi connectivity index (χ1n) is 8.95. The average molecular weight is 386 g/mol. The zero-order valence-corrected chi connectivity index (χ0v) is 16.8. The van der Waals surface area contributed by atoms with E-state index in [1.54, 1.807) is 36.4 Å². The lowest BCUT2D eigenvalue weighted by atomic mass is 10.1. The normalized spacial score (nSPS) is 11.3. The molecule has 0 heterocycles. The van der Waals surface area contributed by atoms with Gasteiger partial charge in [-0.3, -0.25) is 9.59 Å². The van der Waals surface area contributed by atoms with Crippen LogP contribution < -0.4 is 24.8 Å². The molecule has 7 nitrogen and oxygen atoms in total. The second-order valence-corrected chi connectivity index (χ2v) is 6.23. The first-order chi connectivity index (χ1) is 13.4. The third-order valence-corrected chi connectivity index (χ3v) is 4.30. The largest absolute Gasteiger partial charge is 0.493 e. The maximum Gasteiger partial charge on any atom is 0.255 e. The highest BCUT2D eigenvalue weighted by atomic mass is 16.5. The summed E-state index contributed by atoms with van der Waals surface area (Å²) in [6, 6.07) is 9.98. The van der Waals surface area contributed by atoms with Gasteiger partial charge in [0.25, 0.3) is 11.8 Å². The molecule has 2 rings (SSSR count). The van der Waals surface area contributed by atoms with Crippen LogP contribution in [0.15, 0.2) is 36.4 Å². The van der Waals surface area contributed by atoms with Crippen LogP contribution in [0.5, 0.6) is 17.2 Å². The molecular formula is C21H26N2O5. The Hall–Kier alpha value is -3.22. The molecule has 0 radical (unpaired) electrons. The molecule has 150 valence electrons. The van der Waals surface area contributed by atoms with Crippen molar-refractivity contribution in [2.75, 3.05) is 26.6 Å². The van der Waals surface area contributed by atoms with Gasteiger partial charge in [0.15, 0.2) is 11.5 Å². The molecule has 28 heavy (non-hydrogen) atoms. The SMILES string of the molecule is CC[C@H](C)NC(=O)c1cccc(NC(=O)c2cc(OC)c(OC)c(OC)c2)c1. The Morgan fingerprint density at radius 1 is 0.929 bits per heavy atom. The second kappa shape index (κ2) is 9.64. The molecule has 0 fully saturated rings. The van der Waals surface area contributed by atoms with Gasteiger partial charge in [0, 0.05) is 22.9 Å². The smallest absolute Gasteiger partial charge is 0.255 e. The van der Waals surface area contributed by atoms with Crippen LogP contribution >= 0.6 is 0 Å². The van der Waals surface area contributed by atoms with E-state index in [0.29, 0.717) is 34.1 Å². The van der Waals surface area contributed by atoms with E-state index < -0.39 is 0 Å². The molecule has 7 heteroatoms. The number of benzene rings is 2. The van der Waals surface area contributed by atoms with Gasteiger partial charge in [0.05, 0.1) is 21.3 Å². The van der Waals surface area contributed by atoms with E-state index in [1.807, 2.05) is 13.8 Å². The molecule has 0 aliphatic carbocycles. The van der Waals surface area contributed by atoms with Crippen LogP contribution in [0.25, 0.3) is 0 Å². The molecule has 0 bridgehead atoms. The monoisotopic (exact) mass is 386 g/mol. The van der Waals surface area contributed by atoms with Crippen molar-refractivity contribution in [3.63, 3.8) is 0 Å². The van der Waals surface area contributed by atoms with Gasteiger partial charge in [-0.1, -0.05) is 13.0 Å². The number of hydrogen-bond donors (Lipinski definition) is 2. The van der Waals surface area contributed by atoms with Crippen LogP contribution in [0.4, 0.5) is 5.69 Å². The lowest BCUT2D eigenvalue weighted by Crippen LogP contribution is -2.31. The summed E-state index contributed by atoms with van der Waals surface area (Å²) < 4.78 is 15.8. The molecule has 2 amide bonds. The summed E-state index contributed by atoms with van der Waals surface area (Å²) in [4.78, 5) is 25.0. The van der Waals surface area contributed by atoms with Crippen molar-refractivity contribution >= 4 is 17.5 Å². The Kier molecular flexibility index (Phi) is 7.26. The van der Waals surface area contributed by atoms with Gasteiger partial charge in [-0.05, 0) is 43.7 Å². The lowest BCUT2D eigenvalue weighted by molar-refractivity contribution is 0.0938. The zero-order valence-electron chi connectivity index (χ0n) is 16.8. The highest BCUT2D eigenvalue weighted by Crippen LogP contribution is 2.38. The van der Waals surface area contributed by atoms with Crippen LogP contribution in [-0.4, -0.2) is 39.2 Å². The Balaban J connectivity index is 2.23. The summed E-state index contributed by atoms with van der Waals surface area (Å²) in [5, 5.41) is 5.69. The van der Waals surface area contributed by atoms with Gasteiger partial charge < -0.3 is 24.8 Å². The van der Waals surface area contributed by atoms with Crippen molar-refractivity contribution in [2.24, 2.45) is 0 Å². The Labute approximate surface area is 165 Å². The van der Waals surface area contributed by atoms with Crippen molar-refractivity contribution < 1.29 is 23.8 Å². The summed E-state index contributed by atoms with van der Waals surface area (Å²) in [6.07, 6.45) is 0.837. The molecule has 0 unspecified atom stereocenters. The minimum atomic E-state index is -0.362. The molecule has 0 aliphatic heterocycles. The fourth-order valence-corrected chi connectivity index (χ4v) is 2.56. The summed E-state index contributed by atoms with van der Waals surface area (Å²) >= 11 is 0. The molecule has 0 saturated carbocycles. The second-order valence-electron chi connectivity index (χ2n) is 6.23. The minimum Gasteiger partial charge on any atom is -0.493 e. The van der Waals surface area contributed by atoms with Crippen LogP contribution in [0, 0.1) is 0 Å². The number of anilines is 1. The Bertz CT molecular complexity index is 825. The summed E-state index contributed by atoms with van der Waals surface area (Å²) in [5.74, 6) is 0.629. The van der Waals surface area contributed by atoms with Crippen molar-refractivity contribution in [2.45, 2.75) is 26.3 Å². The van der Waals surface area contributed by atoms with E-state index >= 15 is 0 Å². The van der Waals surface area contributed by atoms with Crippen LogP contribution in [-0.2, 0) is 0 Å². The number of hydrogen-bond acceptors (Lipinski definition) is 5. The maximum absolute atomic E-state index is 12.7. The predicted molar refractivity (Wildman–Crippen MR) is 108 cm³/mol. The van der Waals surface area contributed by atoms with E-state index in [0.717, 1.165) is 6.42 Å². The average Bonchev–Trinajstić information content (AvgIpc) is 2.72. The number of rotatable bonds is 8. The Morgan fingerprint density at radius 2 is 1.57 bits per heavy atom. The molecular weight excluding hydrogens is 360 g/mol. The summed E-state index contributed by atoms with van der Waals surface area (Å²) in [6.45, 7) is 3.94. The number of carbonyl (C=O) groups is 2. The van der Waals surface area contributed by atoms with Crippen molar-refractivity contribution in [3.05, 3.63) is 47.5 Å². The van der Waals surface area contributed by atoms with Crippen molar-refractivity contribution in [3.8, 4) is 17.2 Å². The first-order valence-corrected chi connectivity index (χ1v) is 8.95. The molecule has 1 atom stereocenters. The van der Waals surface area contributed by atoms with E-state index in [-0.39, 0.29) is 17.9 Å². The third-order valence-electron chi connectivity index (χ3n) is 4.30. The summed E-state index contributed by atoms with van der Waals surface area (Å²) in [5.41, 5.74) is 1.32. The van der Waals surface area contributed by atoms with Gasteiger partial charge in [0.2, 0.25) is 5.75 Å². The predicted octanol–water partition coefficient (Wildman–Crippen LogP) is 3.49. The Morgan fingerprint density at radius 3 is 2.11 bits per heavy atom. The zero-order chi connectivity index (χ0) is 20.7. The van der Waals surface area contributed by atoms with Gasteiger partial charge in [-0.2, -0.15) is 0 Å². The lowest BCUT2D eigenvalue weighted by Gasteiger charge is -2.14. The van der Waals surface area contributed by atoms with E-state index in [4.69, 9.17) is 14.2 Å². The quantitative estimate of drug-likeness (QED) is 0.725.